The Morgan fingerprint density at radius 1 is 1.26 bits per heavy atom. The number of benzene rings is 1. The molecule has 0 radical (unpaired) electrons. The highest BCUT2D eigenvalue weighted by Gasteiger charge is 2.22. The first-order valence-electron chi connectivity index (χ1n) is 9.63. The maximum absolute atomic E-state index is 12.5. The first-order chi connectivity index (χ1) is 12.9. The third-order valence-corrected chi connectivity index (χ3v) is 6.58. The fourth-order valence-corrected chi connectivity index (χ4v) is 4.78. The number of nitrogens with one attached hydrogen (secondary N) is 3. The second kappa shape index (κ2) is 10.1. The maximum Gasteiger partial charge on any atom is 0.240 e. The van der Waals surface area contributed by atoms with Crippen molar-refractivity contribution in [1.29, 1.82) is 0 Å². The summed E-state index contributed by atoms with van der Waals surface area (Å²) in [5.74, 6) is 0.698. The number of nitrogens with zero attached hydrogens (tertiary/aromatic N) is 2. The van der Waals surface area contributed by atoms with Crippen LogP contribution < -0.4 is 15.4 Å². The van der Waals surface area contributed by atoms with E-state index >= 15 is 0 Å². The minimum atomic E-state index is -3.51. The lowest BCUT2D eigenvalue weighted by Crippen LogP contribution is -2.46. The van der Waals surface area contributed by atoms with Gasteiger partial charge in [0.2, 0.25) is 10.0 Å². The standard InChI is InChI=1S/C19H33N5O2S/c1-5-24-12-6-7-17(24)14-22-19(20-4)21-10-11-23-27(25,26)18-13-15(2)8-9-16(18)3/h8-9,13,17,23H,5-7,10-12,14H2,1-4H3,(H2,20,21,22). The van der Waals surface area contributed by atoms with E-state index in [0.29, 0.717) is 30.0 Å². The molecule has 1 heterocycles. The predicted molar refractivity (Wildman–Crippen MR) is 111 cm³/mol. The minimum absolute atomic E-state index is 0.293. The molecule has 0 bridgehead atoms. The molecule has 0 aliphatic carbocycles. The number of hydrogen-bond acceptors (Lipinski definition) is 4. The molecule has 1 aliphatic rings. The molecule has 1 aromatic rings. The second-order valence-corrected chi connectivity index (χ2v) is 8.71. The van der Waals surface area contributed by atoms with E-state index in [9.17, 15) is 8.42 Å². The van der Waals surface area contributed by atoms with Gasteiger partial charge in [0.15, 0.2) is 5.96 Å². The van der Waals surface area contributed by atoms with Crippen LogP contribution in [0.15, 0.2) is 28.1 Å². The average molecular weight is 396 g/mol. The molecule has 1 fully saturated rings. The fraction of sp³-hybridized carbons (Fsp3) is 0.632. The van der Waals surface area contributed by atoms with Gasteiger partial charge in [-0.15, -0.1) is 0 Å². The van der Waals surface area contributed by atoms with Gasteiger partial charge in [-0.2, -0.15) is 0 Å². The lowest BCUT2D eigenvalue weighted by molar-refractivity contribution is 0.267. The lowest BCUT2D eigenvalue weighted by Gasteiger charge is -2.24. The number of likely N-dealkylation sites (tertiary alicyclic amines) is 1. The zero-order valence-corrected chi connectivity index (χ0v) is 17.7. The molecule has 1 atom stereocenters. The topological polar surface area (TPSA) is 85.8 Å². The number of aryl methyl sites for hydroxylation is 2. The smallest absolute Gasteiger partial charge is 0.240 e. The van der Waals surface area contributed by atoms with E-state index in [-0.39, 0.29) is 0 Å². The average Bonchev–Trinajstić information content (AvgIpc) is 3.10. The van der Waals surface area contributed by atoms with Crippen LogP contribution in [0.2, 0.25) is 0 Å². The summed E-state index contributed by atoms with van der Waals surface area (Å²) in [6, 6.07) is 5.98. The SMILES string of the molecule is CCN1CCCC1CNC(=NC)NCCNS(=O)(=O)c1cc(C)ccc1C. The third kappa shape index (κ3) is 6.19. The summed E-state index contributed by atoms with van der Waals surface area (Å²) in [4.78, 5) is 7.03. The molecule has 1 unspecified atom stereocenters. The van der Waals surface area contributed by atoms with E-state index in [1.807, 2.05) is 19.1 Å². The lowest BCUT2D eigenvalue weighted by atomic mass is 10.2. The summed E-state index contributed by atoms with van der Waals surface area (Å²) < 4.78 is 27.7. The Labute approximate surface area is 163 Å². The van der Waals surface area contributed by atoms with Crippen molar-refractivity contribution in [3.63, 3.8) is 0 Å². The van der Waals surface area contributed by atoms with E-state index < -0.39 is 10.0 Å². The molecule has 27 heavy (non-hydrogen) atoms. The molecule has 7 nitrogen and oxygen atoms in total. The molecule has 0 aromatic heterocycles. The first-order valence-corrected chi connectivity index (χ1v) is 11.1. The molecule has 3 N–H and O–H groups in total. The summed E-state index contributed by atoms with van der Waals surface area (Å²) in [6.07, 6.45) is 2.44. The largest absolute Gasteiger partial charge is 0.355 e. The molecular weight excluding hydrogens is 362 g/mol. The monoisotopic (exact) mass is 395 g/mol. The van der Waals surface area contributed by atoms with Gasteiger partial charge >= 0.3 is 0 Å². The van der Waals surface area contributed by atoms with Gasteiger partial charge in [-0.05, 0) is 57.0 Å². The van der Waals surface area contributed by atoms with Gasteiger partial charge in [0.05, 0.1) is 4.90 Å². The minimum Gasteiger partial charge on any atom is -0.355 e. The van der Waals surface area contributed by atoms with E-state index in [1.54, 1.807) is 20.0 Å². The van der Waals surface area contributed by atoms with Crippen molar-refractivity contribution in [3.05, 3.63) is 29.3 Å². The Bertz CT molecular complexity index is 748. The van der Waals surface area contributed by atoms with Crippen LogP contribution in [0, 0.1) is 13.8 Å². The summed E-state index contributed by atoms with van der Waals surface area (Å²) in [5.41, 5.74) is 1.67. The summed E-state index contributed by atoms with van der Waals surface area (Å²) >= 11 is 0. The van der Waals surface area contributed by atoms with Crippen LogP contribution in [0.4, 0.5) is 0 Å². The zero-order chi connectivity index (χ0) is 19.9. The van der Waals surface area contributed by atoms with Crippen molar-refractivity contribution in [2.24, 2.45) is 4.99 Å². The summed E-state index contributed by atoms with van der Waals surface area (Å²) in [6.45, 7) is 9.72. The zero-order valence-electron chi connectivity index (χ0n) is 16.9. The van der Waals surface area contributed by atoms with Crippen molar-refractivity contribution in [2.75, 3.05) is 39.8 Å². The molecule has 0 spiro atoms. The van der Waals surface area contributed by atoms with Crippen molar-refractivity contribution in [1.82, 2.24) is 20.3 Å². The van der Waals surface area contributed by atoms with Gasteiger partial charge < -0.3 is 10.6 Å². The van der Waals surface area contributed by atoms with E-state index in [0.717, 1.165) is 30.8 Å². The van der Waals surface area contributed by atoms with Crippen molar-refractivity contribution < 1.29 is 8.42 Å². The molecule has 1 aromatic carbocycles. The Hall–Kier alpha value is -1.64. The molecule has 2 rings (SSSR count). The predicted octanol–water partition coefficient (Wildman–Crippen LogP) is 1.23. The molecule has 0 amide bonds. The van der Waals surface area contributed by atoms with Gasteiger partial charge in [-0.1, -0.05) is 19.1 Å². The van der Waals surface area contributed by atoms with Crippen LogP contribution in [-0.2, 0) is 10.0 Å². The van der Waals surface area contributed by atoms with Gasteiger partial charge in [-0.25, -0.2) is 13.1 Å². The van der Waals surface area contributed by atoms with Gasteiger partial charge in [0.1, 0.15) is 0 Å². The van der Waals surface area contributed by atoms with Crippen LogP contribution in [0.1, 0.15) is 30.9 Å². The highest BCUT2D eigenvalue weighted by atomic mass is 32.2. The Morgan fingerprint density at radius 2 is 2.04 bits per heavy atom. The normalized spacial score (nSPS) is 18.7. The van der Waals surface area contributed by atoms with Crippen LogP contribution >= 0.6 is 0 Å². The number of aliphatic imine (C=N–C) groups is 1. The first kappa shape index (κ1) is 21.7. The summed E-state index contributed by atoms with van der Waals surface area (Å²) in [5, 5.41) is 6.51. The molecule has 0 saturated carbocycles. The number of rotatable bonds is 8. The van der Waals surface area contributed by atoms with Gasteiger partial charge in [0, 0.05) is 32.7 Å². The summed E-state index contributed by atoms with van der Waals surface area (Å²) in [7, 11) is -1.79. The highest BCUT2D eigenvalue weighted by molar-refractivity contribution is 7.89. The van der Waals surface area contributed by atoms with E-state index in [2.05, 4.69) is 32.2 Å². The maximum atomic E-state index is 12.5. The van der Waals surface area contributed by atoms with E-state index in [4.69, 9.17) is 0 Å². The van der Waals surface area contributed by atoms with E-state index in [1.165, 1.54) is 12.8 Å². The van der Waals surface area contributed by atoms with Crippen LogP contribution in [0.25, 0.3) is 0 Å². The quantitative estimate of drug-likeness (QED) is 0.350. The van der Waals surface area contributed by atoms with Gasteiger partial charge in [-0.3, -0.25) is 9.89 Å². The molecular formula is C19H33N5O2S. The number of likely N-dealkylation sites (N-methyl/N-ethyl adjacent to an activating group) is 1. The number of sulfonamides is 1. The number of guanidine groups is 1. The fourth-order valence-electron chi connectivity index (χ4n) is 3.42. The van der Waals surface area contributed by atoms with Crippen LogP contribution in [0.5, 0.6) is 0 Å². The van der Waals surface area contributed by atoms with Crippen LogP contribution in [0.3, 0.4) is 0 Å². The molecule has 1 aliphatic heterocycles. The van der Waals surface area contributed by atoms with Crippen molar-refractivity contribution >= 4 is 16.0 Å². The van der Waals surface area contributed by atoms with Crippen LogP contribution in [-0.4, -0.2) is 65.1 Å². The molecule has 152 valence electrons. The second-order valence-electron chi connectivity index (χ2n) is 6.97. The third-order valence-electron chi connectivity index (χ3n) is 4.98. The molecule has 1 saturated heterocycles. The Balaban J connectivity index is 1.78. The Kier molecular flexibility index (Phi) is 8.07. The highest BCUT2D eigenvalue weighted by Crippen LogP contribution is 2.16. The molecule has 8 heteroatoms. The van der Waals surface area contributed by atoms with Crippen molar-refractivity contribution in [2.45, 2.75) is 44.6 Å². The Morgan fingerprint density at radius 3 is 2.74 bits per heavy atom. The van der Waals surface area contributed by atoms with Crippen molar-refractivity contribution in [3.8, 4) is 0 Å². The number of hydrogen-bond donors (Lipinski definition) is 3. The van der Waals surface area contributed by atoms with Gasteiger partial charge in [0.25, 0.3) is 0 Å².